The lowest BCUT2D eigenvalue weighted by Gasteiger charge is -2.29. The molecule has 0 aromatic heterocycles. The van der Waals surface area contributed by atoms with Crippen molar-refractivity contribution >= 4 is 5.96 Å². The molecule has 3 fully saturated rings. The molecule has 5 nitrogen and oxygen atoms in total. The third-order valence-electron chi connectivity index (χ3n) is 6.30. The van der Waals surface area contributed by atoms with E-state index in [9.17, 15) is 0 Å². The maximum Gasteiger partial charge on any atom is 0.193 e. The number of nitrogens with one attached hydrogen (secondary N) is 1. The topological polar surface area (TPSA) is 40.1 Å². The average Bonchev–Trinajstić information content (AvgIpc) is 2.97. The number of guanidine groups is 1. The third kappa shape index (κ3) is 6.41. The number of hydrogen-bond donors (Lipinski definition) is 1. The van der Waals surface area contributed by atoms with Crippen molar-refractivity contribution in [3.63, 3.8) is 0 Å². The van der Waals surface area contributed by atoms with Gasteiger partial charge in [-0.3, -0.25) is 4.99 Å². The van der Waals surface area contributed by atoms with Crippen LogP contribution in [0, 0.1) is 5.92 Å². The van der Waals surface area contributed by atoms with Crippen molar-refractivity contribution in [1.29, 1.82) is 0 Å². The molecule has 0 bridgehead atoms. The Morgan fingerprint density at radius 3 is 2.42 bits per heavy atom. The fraction of sp³-hybridized carbons (Fsp3) is 0.952. The zero-order chi connectivity index (χ0) is 18.0. The molecule has 2 aliphatic heterocycles. The Balaban J connectivity index is 1.32. The number of likely N-dealkylation sites (tertiary alicyclic amines) is 2. The van der Waals surface area contributed by atoms with Crippen LogP contribution >= 0.6 is 0 Å². The highest BCUT2D eigenvalue weighted by atomic mass is 16.5. The van der Waals surface area contributed by atoms with Gasteiger partial charge in [-0.2, -0.15) is 0 Å². The number of aliphatic imine (C=N–C) groups is 1. The highest BCUT2D eigenvalue weighted by Gasteiger charge is 2.26. The Morgan fingerprint density at radius 2 is 1.69 bits per heavy atom. The van der Waals surface area contributed by atoms with Crippen molar-refractivity contribution in [3.8, 4) is 0 Å². The van der Waals surface area contributed by atoms with Crippen molar-refractivity contribution < 1.29 is 4.74 Å². The first-order valence-corrected chi connectivity index (χ1v) is 11.1. The van der Waals surface area contributed by atoms with Gasteiger partial charge in [0, 0.05) is 33.2 Å². The molecule has 3 rings (SSSR count). The molecule has 26 heavy (non-hydrogen) atoms. The van der Waals surface area contributed by atoms with E-state index in [1.165, 1.54) is 83.8 Å². The quantitative estimate of drug-likeness (QED) is 0.340. The minimum Gasteiger partial charge on any atom is -0.376 e. The third-order valence-corrected chi connectivity index (χ3v) is 6.30. The minimum atomic E-state index is 0.488. The van der Waals surface area contributed by atoms with Gasteiger partial charge in [0.1, 0.15) is 0 Å². The molecular formula is C21H40N4O. The average molecular weight is 365 g/mol. The summed E-state index contributed by atoms with van der Waals surface area (Å²) in [7, 11) is 1.91. The van der Waals surface area contributed by atoms with Gasteiger partial charge in [-0.25, -0.2) is 0 Å². The zero-order valence-corrected chi connectivity index (χ0v) is 16.9. The van der Waals surface area contributed by atoms with Crippen LogP contribution in [-0.2, 0) is 4.74 Å². The number of rotatable bonds is 6. The van der Waals surface area contributed by atoms with Gasteiger partial charge in [-0.15, -0.1) is 0 Å². The second-order valence-electron chi connectivity index (χ2n) is 8.42. The van der Waals surface area contributed by atoms with Gasteiger partial charge >= 0.3 is 0 Å². The first kappa shape index (κ1) is 19.9. The lowest BCUT2D eigenvalue weighted by atomic mass is 10.1. The minimum absolute atomic E-state index is 0.488. The molecule has 0 aromatic carbocycles. The van der Waals surface area contributed by atoms with E-state index in [4.69, 9.17) is 4.74 Å². The number of ether oxygens (including phenoxy) is 1. The first-order chi connectivity index (χ1) is 12.8. The van der Waals surface area contributed by atoms with Crippen LogP contribution < -0.4 is 5.32 Å². The molecule has 2 saturated heterocycles. The van der Waals surface area contributed by atoms with E-state index in [1.54, 1.807) is 0 Å². The van der Waals surface area contributed by atoms with Crippen LogP contribution in [0.3, 0.4) is 0 Å². The van der Waals surface area contributed by atoms with Gasteiger partial charge in [-0.05, 0) is 51.1 Å². The largest absolute Gasteiger partial charge is 0.376 e. The lowest BCUT2D eigenvalue weighted by Crippen LogP contribution is -2.42. The standard InChI is InChI=1S/C21H40N4O/c1-22-21(23-12-16-26-20-9-5-2-3-6-10-20)25-15-11-19(18-25)17-24-13-7-4-8-14-24/h19-20H,2-18H2,1H3,(H,22,23). The predicted molar refractivity (Wildman–Crippen MR) is 109 cm³/mol. The Bertz CT molecular complexity index is 414. The summed E-state index contributed by atoms with van der Waals surface area (Å²) in [6, 6.07) is 0. The molecule has 1 N–H and O–H groups in total. The summed E-state index contributed by atoms with van der Waals surface area (Å²) < 4.78 is 6.10. The van der Waals surface area contributed by atoms with Gasteiger partial charge in [0.2, 0.25) is 0 Å². The van der Waals surface area contributed by atoms with Gasteiger partial charge in [-0.1, -0.05) is 32.1 Å². The van der Waals surface area contributed by atoms with Crippen LogP contribution in [0.25, 0.3) is 0 Å². The molecule has 1 unspecified atom stereocenters. The number of piperidine rings is 1. The summed E-state index contributed by atoms with van der Waals surface area (Å²) in [6.45, 7) is 7.86. The van der Waals surface area contributed by atoms with E-state index in [0.29, 0.717) is 6.10 Å². The number of hydrogen-bond acceptors (Lipinski definition) is 3. The van der Waals surface area contributed by atoms with Crippen LogP contribution in [0.2, 0.25) is 0 Å². The second-order valence-corrected chi connectivity index (χ2v) is 8.42. The van der Waals surface area contributed by atoms with Gasteiger partial charge in [0.15, 0.2) is 5.96 Å². The molecule has 3 aliphatic rings. The first-order valence-electron chi connectivity index (χ1n) is 11.1. The normalized spacial score (nSPS) is 26.9. The molecule has 1 aliphatic carbocycles. The molecule has 1 saturated carbocycles. The van der Waals surface area contributed by atoms with E-state index in [0.717, 1.165) is 38.1 Å². The highest BCUT2D eigenvalue weighted by molar-refractivity contribution is 5.80. The summed E-state index contributed by atoms with van der Waals surface area (Å²) in [5.41, 5.74) is 0. The van der Waals surface area contributed by atoms with E-state index in [-0.39, 0.29) is 0 Å². The van der Waals surface area contributed by atoms with Crippen molar-refractivity contribution in [2.24, 2.45) is 10.9 Å². The van der Waals surface area contributed by atoms with Gasteiger partial charge in [0.25, 0.3) is 0 Å². The molecule has 0 aromatic rings. The van der Waals surface area contributed by atoms with Crippen LogP contribution in [-0.4, -0.2) is 74.8 Å². The second kappa shape index (κ2) is 11.1. The smallest absolute Gasteiger partial charge is 0.193 e. The molecule has 150 valence electrons. The summed E-state index contributed by atoms with van der Waals surface area (Å²) in [4.78, 5) is 9.63. The number of nitrogens with zero attached hydrogens (tertiary/aromatic N) is 3. The lowest BCUT2D eigenvalue weighted by molar-refractivity contribution is 0.0466. The van der Waals surface area contributed by atoms with Crippen LogP contribution in [0.15, 0.2) is 4.99 Å². The zero-order valence-electron chi connectivity index (χ0n) is 16.9. The summed E-state index contributed by atoms with van der Waals surface area (Å²) in [6.07, 6.45) is 13.9. The molecule has 2 heterocycles. The van der Waals surface area contributed by atoms with E-state index < -0.39 is 0 Å². The maximum atomic E-state index is 6.10. The fourth-order valence-corrected chi connectivity index (χ4v) is 4.81. The Kier molecular flexibility index (Phi) is 8.53. The summed E-state index contributed by atoms with van der Waals surface area (Å²) >= 11 is 0. The summed E-state index contributed by atoms with van der Waals surface area (Å²) in [5.74, 6) is 1.87. The molecule has 0 spiro atoms. The molecule has 1 atom stereocenters. The molecular weight excluding hydrogens is 324 g/mol. The highest BCUT2D eigenvalue weighted by Crippen LogP contribution is 2.21. The summed E-state index contributed by atoms with van der Waals surface area (Å²) in [5, 5.41) is 3.53. The Labute approximate surface area is 160 Å². The van der Waals surface area contributed by atoms with E-state index in [2.05, 4.69) is 20.1 Å². The maximum absolute atomic E-state index is 6.10. The van der Waals surface area contributed by atoms with Crippen LogP contribution in [0.4, 0.5) is 0 Å². The van der Waals surface area contributed by atoms with E-state index >= 15 is 0 Å². The molecule has 0 radical (unpaired) electrons. The monoisotopic (exact) mass is 364 g/mol. The van der Waals surface area contributed by atoms with Crippen LogP contribution in [0.1, 0.15) is 64.2 Å². The van der Waals surface area contributed by atoms with E-state index in [1.807, 2.05) is 7.05 Å². The van der Waals surface area contributed by atoms with Crippen molar-refractivity contribution in [2.45, 2.75) is 70.3 Å². The molecule has 0 amide bonds. The van der Waals surface area contributed by atoms with Gasteiger partial charge < -0.3 is 19.9 Å². The predicted octanol–water partition coefficient (Wildman–Crippen LogP) is 3.11. The van der Waals surface area contributed by atoms with Gasteiger partial charge in [0.05, 0.1) is 12.7 Å². The van der Waals surface area contributed by atoms with Crippen molar-refractivity contribution in [3.05, 3.63) is 0 Å². The SMILES string of the molecule is CN=C(NCCOC1CCCCCC1)N1CCC(CN2CCCCC2)C1. The van der Waals surface area contributed by atoms with Crippen LogP contribution in [0.5, 0.6) is 0 Å². The fourth-order valence-electron chi connectivity index (χ4n) is 4.81. The van der Waals surface area contributed by atoms with Crippen molar-refractivity contribution in [1.82, 2.24) is 15.1 Å². The van der Waals surface area contributed by atoms with Crippen molar-refractivity contribution in [2.75, 3.05) is 52.9 Å². The Hall–Kier alpha value is -0.810. The Morgan fingerprint density at radius 1 is 0.962 bits per heavy atom. The molecule has 5 heteroatoms.